The van der Waals surface area contributed by atoms with E-state index in [1.165, 1.54) is 11.3 Å². The van der Waals surface area contributed by atoms with Crippen molar-refractivity contribution in [2.45, 2.75) is 39.0 Å². The molecule has 0 spiro atoms. The van der Waals surface area contributed by atoms with E-state index in [1.54, 1.807) is 0 Å². The number of carbonyl (C=O) groups excluding carboxylic acids is 1. The summed E-state index contributed by atoms with van der Waals surface area (Å²) in [6, 6.07) is -0.316. The summed E-state index contributed by atoms with van der Waals surface area (Å²) in [5.41, 5.74) is 11.1. The van der Waals surface area contributed by atoms with Crippen LogP contribution in [0.1, 0.15) is 37.6 Å². The predicted molar refractivity (Wildman–Crippen MR) is 85.2 cm³/mol. The van der Waals surface area contributed by atoms with Crippen molar-refractivity contribution < 1.29 is 4.79 Å². The number of aromatic nitrogens is 2. The molecule has 6 N–H and O–H groups in total. The Bertz CT molecular complexity index is 460. The molecule has 0 aliphatic heterocycles. The minimum Gasteiger partial charge on any atom is -0.374 e. The molecule has 1 aromatic heterocycles. The second-order valence-electron chi connectivity index (χ2n) is 4.49. The first-order valence-corrected chi connectivity index (χ1v) is 7.86. The second-order valence-corrected chi connectivity index (χ2v) is 5.59. The number of rotatable bonds is 8. The van der Waals surface area contributed by atoms with Crippen LogP contribution in [0.25, 0.3) is 0 Å². The van der Waals surface area contributed by atoms with Crippen molar-refractivity contribution in [1.82, 2.24) is 20.8 Å². The van der Waals surface area contributed by atoms with Gasteiger partial charge in [-0.2, -0.15) is 0 Å². The van der Waals surface area contributed by atoms with Crippen LogP contribution in [0.15, 0.2) is 4.99 Å². The third kappa shape index (κ3) is 8.08. The highest BCUT2D eigenvalue weighted by Gasteiger charge is 2.02. The van der Waals surface area contributed by atoms with E-state index in [4.69, 9.17) is 11.5 Å². The molecule has 0 bridgehead atoms. The molecular formula is C12H23N7OS. The van der Waals surface area contributed by atoms with Crippen LogP contribution in [0.4, 0.5) is 9.93 Å². The van der Waals surface area contributed by atoms with Gasteiger partial charge in [0.25, 0.3) is 0 Å². The summed E-state index contributed by atoms with van der Waals surface area (Å²) >= 11 is 1.37. The molecule has 2 amide bonds. The number of nitrogens with one attached hydrogen (secondary N) is 2. The summed E-state index contributed by atoms with van der Waals surface area (Å²) < 4.78 is 0. The Morgan fingerprint density at radius 3 is 2.81 bits per heavy atom. The lowest BCUT2D eigenvalue weighted by Crippen LogP contribution is -2.43. The van der Waals surface area contributed by atoms with E-state index in [2.05, 4.69) is 32.7 Å². The lowest BCUT2D eigenvalue weighted by atomic mass is 10.2. The fourth-order valence-corrected chi connectivity index (χ4v) is 2.23. The molecule has 9 heteroatoms. The van der Waals surface area contributed by atoms with Gasteiger partial charge >= 0.3 is 6.03 Å². The Morgan fingerprint density at radius 1 is 1.33 bits per heavy atom. The van der Waals surface area contributed by atoms with Crippen LogP contribution in [0, 0.1) is 0 Å². The zero-order chi connectivity index (χ0) is 15.5. The van der Waals surface area contributed by atoms with Crippen molar-refractivity contribution in [3.8, 4) is 0 Å². The maximum atomic E-state index is 11.5. The van der Waals surface area contributed by atoms with Gasteiger partial charge in [0.1, 0.15) is 5.01 Å². The summed E-state index contributed by atoms with van der Waals surface area (Å²) in [6.07, 6.45) is 4.70. The van der Waals surface area contributed by atoms with Crippen LogP contribution in [0.2, 0.25) is 0 Å². The van der Waals surface area contributed by atoms with Crippen molar-refractivity contribution in [2.24, 2.45) is 10.7 Å². The maximum absolute atomic E-state index is 11.5. The van der Waals surface area contributed by atoms with E-state index in [0.29, 0.717) is 18.2 Å². The van der Waals surface area contributed by atoms with Gasteiger partial charge in [-0.3, -0.25) is 10.3 Å². The van der Waals surface area contributed by atoms with Crippen molar-refractivity contribution in [2.75, 3.05) is 18.8 Å². The van der Waals surface area contributed by atoms with Crippen LogP contribution < -0.4 is 22.1 Å². The lowest BCUT2D eigenvalue weighted by molar-refractivity contribution is 0.245. The topological polar surface area (TPSA) is 131 Å². The SMILES string of the molecule is CCCCCNC(=O)NC(N)=NCCCc1nnc(N)s1. The first-order valence-electron chi connectivity index (χ1n) is 7.04. The van der Waals surface area contributed by atoms with Crippen molar-refractivity contribution in [3.63, 3.8) is 0 Å². The molecule has 0 saturated carbocycles. The van der Waals surface area contributed by atoms with Crippen molar-refractivity contribution in [1.29, 1.82) is 0 Å². The van der Waals surface area contributed by atoms with Gasteiger partial charge in [0.15, 0.2) is 5.96 Å². The van der Waals surface area contributed by atoms with Gasteiger partial charge in [0, 0.05) is 19.5 Å². The number of unbranched alkanes of at least 4 members (excludes halogenated alkanes) is 2. The third-order valence-corrected chi connectivity index (χ3v) is 3.43. The van der Waals surface area contributed by atoms with Gasteiger partial charge in [-0.05, 0) is 12.8 Å². The number of nitrogens with two attached hydrogens (primary N) is 2. The van der Waals surface area contributed by atoms with Crippen LogP contribution in [0.5, 0.6) is 0 Å². The number of amides is 2. The summed E-state index contributed by atoms with van der Waals surface area (Å²) in [5, 5.41) is 14.2. The zero-order valence-corrected chi connectivity index (χ0v) is 13.1. The molecule has 0 aliphatic carbocycles. The Labute approximate surface area is 128 Å². The quantitative estimate of drug-likeness (QED) is 0.321. The molecule has 8 nitrogen and oxygen atoms in total. The van der Waals surface area contributed by atoms with Gasteiger partial charge in [-0.25, -0.2) is 4.79 Å². The largest absolute Gasteiger partial charge is 0.374 e. The van der Waals surface area contributed by atoms with Crippen molar-refractivity contribution in [3.05, 3.63) is 5.01 Å². The number of guanidine groups is 1. The van der Waals surface area contributed by atoms with Gasteiger partial charge in [-0.15, -0.1) is 10.2 Å². The normalized spacial score (nSPS) is 11.4. The number of aliphatic imine (C=N–C) groups is 1. The highest BCUT2D eigenvalue weighted by atomic mass is 32.1. The Morgan fingerprint density at radius 2 is 2.14 bits per heavy atom. The monoisotopic (exact) mass is 313 g/mol. The molecule has 1 aromatic rings. The molecule has 21 heavy (non-hydrogen) atoms. The van der Waals surface area contributed by atoms with Crippen molar-refractivity contribution >= 4 is 28.5 Å². The molecule has 0 fully saturated rings. The van der Waals surface area contributed by atoms with E-state index < -0.39 is 0 Å². The molecule has 0 atom stereocenters. The minimum atomic E-state index is -0.316. The fourth-order valence-electron chi connectivity index (χ4n) is 1.57. The summed E-state index contributed by atoms with van der Waals surface area (Å²) in [7, 11) is 0. The van der Waals surface area contributed by atoms with Crippen LogP contribution in [-0.2, 0) is 6.42 Å². The van der Waals surface area contributed by atoms with Crippen LogP contribution >= 0.6 is 11.3 Å². The number of nitrogens with zero attached hydrogens (tertiary/aromatic N) is 3. The molecule has 0 radical (unpaired) electrons. The summed E-state index contributed by atoms with van der Waals surface area (Å²) in [6.45, 7) is 3.27. The number of hydrogen-bond donors (Lipinski definition) is 4. The van der Waals surface area contributed by atoms with Crippen LogP contribution in [0.3, 0.4) is 0 Å². The smallest absolute Gasteiger partial charge is 0.321 e. The minimum absolute atomic E-state index is 0.125. The molecule has 0 aromatic carbocycles. The summed E-state index contributed by atoms with van der Waals surface area (Å²) in [4.78, 5) is 15.5. The van der Waals surface area contributed by atoms with Crippen LogP contribution in [-0.4, -0.2) is 35.3 Å². The number of nitrogen functional groups attached to an aromatic ring is 1. The highest BCUT2D eigenvalue weighted by Crippen LogP contribution is 2.12. The van der Waals surface area contributed by atoms with Gasteiger partial charge in [0.05, 0.1) is 0 Å². The summed E-state index contributed by atoms with van der Waals surface area (Å²) in [5.74, 6) is 0.125. The average molecular weight is 313 g/mol. The Kier molecular flexibility index (Phi) is 8.10. The number of aryl methyl sites for hydroxylation is 1. The van der Waals surface area contributed by atoms with Gasteiger partial charge in [0.2, 0.25) is 5.13 Å². The zero-order valence-electron chi connectivity index (χ0n) is 12.3. The second kappa shape index (κ2) is 9.92. The van der Waals surface area contributed by atoms with E-state index in [1.807, 2.05) is 0 Å². The molecule has 0 unspecified atom stereocenters. The highest BCUT2D eigenvalue weighted by molar-refractivity contribution is 7.15. The molecule has 0 aliphatic rings. The number of anilines is 1. The number of carbonyl (C=O) groups is 1. The number of urea groups is 1. The van der Waals surface area contributed by atoms with Gasteiger partial charge in [-0.1, -0.05) is 31.1 Å². The molecule has 1 heterocycles. The molecule has 0 saturated heterocycles. The Hall–Kier alpha value is -1.90. The lowest BCUT2D eigenvalue weighted by Gasteiger charge is -2.06. The predicted octanol–water partition coefficient (Wildman–Crippen LogP) is 0.857. The number of hydrogen-bond acceptors (Lipinski definition) is 6. The van der Waals surface area contributed by atoms with E-state index in [9.17, 15) is 4.79 Å². The van der Waals surface area contributed by atoms with E-state index in [0.717, 1.165) is 37.1 Å². The fraction of sp³-hybridized carbons (Fsp3) is 0.667. The first-order chi connectivity index (χ1) is 10.1. The molecular weight excluding hydrogens is 290 g/mol. The molecule has 118 valence electrons. The van der Waals surface area contributed by atoms with E-state index in [-0.39, 0.29) is 12.0 Å². The molecule has 1 rings (SSSR count). The van der Waals surface area contributed by atoms with E-state index >= 15 is 0 Å². The maximum Gasteiger partial charge on any atom is 0.321 e. The first kappa shape index (κ1) is 17.2. The standard InChI is InChI=1S/C12H23N7OS/c1-2-3-4-7-16-12(20)17-10(13)15-8-5-6-9-18-19-11(14)21-9/h2-8H2,1H3,(H2,14,19)(H4,13,15,16,17,20). The Balaban J connectivity index is 2.13. The average Bonchev–Trinajstić information content (AvgIpc) is 2.85. The third-order valence-electron chi connectivity index (χ3n) is 2.62. The van der Waals surface area contributed by atoms with Gasteiger partial charge < -0.3 is 16.8 Å².